The van der Waals surface area contributed by atoms with Gasteiger partial charge in [-0.3, -0.25) is 38.5 Å². The monoisotopic (exact) mass is 672 g/mol. The van der Waals surface area contributed by atoms with Gasteiger partial charge in [0, 0.05) is 66.0 Å². The third kappa shape index (κ3) is 10.9. The molecule has 258 valence electrons. The van der Waals surface area contributed by atoms with Crippen LogP contribution in [0.4, 0.5) is 11.4 Å². The van der Waals surface area contributed by atoms with Crippen molar-refractivity contribution in [2.24, 2.45) is 5.73 Å². The fraction of sp³-hybridized carbons (Fsp3) is 0.324. The topological polar surface area (TPSA) is 225 Å². The number of carbonyl (C=O) groups is 7. The van der Waals surface area contributed by atoms with Crippen LogP contribution in [0, 0.1) is 0 Å². The van der Waals surface area contributed by atoms with Crippen LogP contribution in [0.1, 0.15) is 53.0 Å². The molecular formula is C34H40N8O7. The average molecular weight is 673 g/mol. The van der Waals surface area contributed by atoms with Crippen molar-refractivity contribution in [3.63, 3.8) is 0 Å². The van der Waals surface area contributed by atoms with E-state index in [9.17, 15) is 33.6 Å². The molecule has 49 heavy (non-hydrogen) atoms. The molecule has 0 saturated heterocycles. The minimum atomic E-state index is -0.612. The molecule has 2 heterocycles. The van der Waals surface area contributed by atoms with E-state index in [-0.39, 0.29) is 55.6 Å². The van der Waals surface area contributed by atoms with Gasteiger partial charge in [0.25, 0.3) is 17.7 Å². The van der Waals surface area contributed by atoms with E-state index in [1.165, 1.54) is 12.2 Å². The second kappa shape index (κ2) is 18.0. The normalized spacial score (nSPS) is 13.0. The summed E-state index contributed by atoms with van der Waals surface area (Å²) in [5.41, 5.74) is 8.17. The highest BCUT2D eigenvalue weighted by molar-refractivity contribution is 6.12. The van der Waals surface area contributed by atoms with Gasteiger partial charge >= 0.3 is 0 Å². The van der Waals surface area contributed by atoms with Gasteiger partial charge in [-0.25, -0.2) is 0 Å². The molecule has 4 rings (SSSR count). The van der Waals surface area contributed by atoms with Gasteiger partial charge in [-0.15, -0.1) is 0 Å². The Hall–Kier alpha value is -5.67. The Balaban J connectivity index is 1.17. The zero-order valence-electron chi connectivity index (χ0n) is 26.9. The highest BCUT2D eigenvalue weighted by Crippen LogP contribution is 2.20. The number of unbranched alkanes of at least 4 members (excludes halogenated alkanes) is 1. The fourth-order valence-electron chi connectivity index (χ4n) is 5.10. The first kappa shape index (κ1) is 36.2. The first-order valence-electron chi connectivity index (χ1n) is 16.0. The number of H-pyrrole nitrogens is 1. The van der Waals surface area contributed by atoms with Gasteiger partial charge in [-0.1, -0.05) is 6.42 Å². The van der Waals surface area contributed by atoms with Crippen LogP contribution in [0.3, 0.4) is 0 Å². The molecule has 15 heteroatoms. The van der Waals surface area contributed by atoms with Gasteiger partial charge in [-0.2, -0.15) is 0 Å². The van der Waals surface area contributed by atoms with Crippen LogP contribution in [0.15, 0.2) is 60.7 Å². The largest absolute Gasteiger partial charge is 0.355 e. The summed E-state index contributed by atoms with van der Waals surface area (Å²) in [4.78, 5) is 88.6. The molecule has 0 radical (unpaired) electrons. The van der Waals surface area contributed by atoms with Crippen molar-refractivity contribution >= 4 is 64.0 Å². The van der Waals surface area contributed by atoms with Crippen molar-refractivity contribution in [1.82, 2.24) is 25.8 Å². The number of hydrogen-bond donors (Lipinski definition) is 7. The Kier molecular flexibility index (Phi) is 13.3. The summed E-state index contributed by atoms with van der Waals surface area (Å²) in [7, 11) is 0. The van der Waals surface area contributed by atoms with Crippen LogP contribution in [-0.4, -0.2) is 90.4 Å². The molecule has 0 fully saturated rings. The van der Waals surface area contributed by atoms with Crippen LogP contribution >= 0.6 is 0 Å². The molecule has 3 aromatic rings. The number of nitrogens with zero attached hydrogens (tertiary/aromatic N) is 1. The number of aromatic amines is 1. The van der Waals surface area contributed by atoms with E-state index in [2.05, 4.69) is 31.6 Å². The lowest BCUT2D eigenvalue weighted by Gasteiger charge is -2.19. The lowest BCUT2D eigenvalue weighted by atomic mass is 10.1. The van der Waals surface area contributed by atoms with Crippen molar-refractivity contribution in [3.05, 3.63) is 71.9 Å². The molecule has 2 aromatic carbocycles. The number of nitrogens with one attached hydrogen (secondary N) is 6. The second-order valence-electron chi connectivity index (χ2n) is 11.3. The minimum absolute atomic E-state index is 0.138. The van der Waals surface area contributed by atoms with Crippen molar-refractivity contribution in [2.45, 2.75) is 38.1 Å². The number of rotatable bonds is 19. The van der Waals surface area contributed by atoms with Gasteiger partial charge in [0.1, 0.15) is 0 Å². The zero-order chi connectivity index (χ0) is 35.2. The number of benzene rings is 2. The number of aldehydes is 1. The van der Waals surface area contributed by atoms with E-state index in [0.717, 1.165) is 28.5 Å². The molecule has 15 nitrogen and oxygen atoms in total. The number of amides is 6. The lowest BCUT2D eigenvalue weighted by Crippen LogP contribution is -2.48. The highest BCUT2D eigenvalue weighted by Gasteiger charge is 2.23. The van der Waals surface area contributed by atoms with Gasteiger partial charge in [0.05, 0.1) is 18.3 Å². The predicted octanol–water partition coefficient (Wildman–Crippen LogP) is 1.20. The Morgan fingerprint density at radius 3 is 2.29 bits per heavy atom. The van der Waals surface area contributed by atoms with Gasteiger partial charge in [0.15, 0.2) is 6.29 Å². The van der Waals surface area contributed by atoms with Crippen LogP contribution in [0.5, 0.6) is 0 Å². The minimum Gasteiger partial charge on any atom is -0.355 e. The van der Waals surface area contributed by atoms with Gasteiger partial charge in [-0.05, 0) is 74.3 Å². The molecule has 0 bridgehead atoms. The molecule has 0 aliphatic carbocycles. The number of anilines is 2. The molecule has 0 spiro atoms. The predicted molar refractivity (Wildman–Crippen MR) is 183 cm³/mol. The Morgan fingerprint density at radius 1 is 0.837 bits per heavy atom. The molecule has 8 N–H and O–H groups in total. The van der Waals surface area contributed by atoms with Gasteiger partial charge in [0.2, 0.25) is 17.7 Å². The van der Waals surface area contributed by atoms with E-state index in [4.69, 9.17) is 5.73 Å². The molecule has 1 atom stereocenters. The van der Waals surface area contributed by atoms with Crippen LogP contribution in [0.2, 0.25) is 0 Å². The van der Waals surface area contributed by atoms with Crippen molar-refractivity contribution in [3.8, 4) is 0 Å². The van der Waals surface area contributed by atoms with E-state index >= 15 is 0 Å². The summed E-state index contributed by atoms with van der Waals surface area (Å²) in [6.45, 7) is 0.909. The number of carbonyl (C=O) groups excluding carboxylic acids is 7. The molecule has 1 unspecified atom stereocenters. The molecule has 1 aliphatic heterocycles. The standard InChI is InChI=1S/C34H40N8O7/c35-14-2-1-4-28(36-15-16-37-29(44)5-3-17-42-31(46)12-13-32(42)47)34(49)38-20-30(45)40-24-8-6-22(7-9-24)33(48)41-25-10-11-27-23(18-25)19-26(21-43)39-27/h6-13,18-19,21,28,36,39H,1-5,14-17,20,35H2,(H,37,44)(H,38,49)(H,40,45)(H,41,48). The van der Waals surface area contributed by atoms with Crippen LogP contribution in [-0.2, 0) is 24.0 Å². The summed E-state index contributed by atoms with van der Waals surface area (Å²) in [5, 5.41) is 14.8. The molecular weight excluding hydrogens is 632 g/mol. The summed E-state index contributed by atoms with van der Waals surface area (Å²) in [5.74, 6) is -2.20. The van der Waals surface area contributed by atoms with Crippen LogP contribution < -0.4 is 32.3 Å². The van der Waals surface area contributed by atoms with Crippen LogP contribution in [0.25, 0.3) is 10.9 Å². The van der Waals surface area contributed by atoms with Crippen molar-refractivity contribution in [2.75, 3.05) is 43.4 Å². The maximum atomic E-state index is 12.9. The molecule has 1 aliphatic rings. The Bertz CT molecular complexity index is 1700. The van der Waals surface area contributed by atoms with E-state index in [1.807, 2.05) is 0 Å². The second-order valence-corrected chi connectivity index (χ2v) is 11.3. The maximum Gasteiger partial charge on any atom is 0.255 e. The smallest absolute Gasteiger partial charge is 0.255 e. The number of imide groups is 1. The summed E-state index contributed by atoms with van der Waals surface area (Å²) >= 11 is 0. The van der Waals surface area contributed by atoms with Crippen molar-refractivity contribution < 1.29 is 33.6 Å². The summed E-state index contributed by atoms with van der Waals surface area (Å²) < 4.78 is 0. The first-order valence-corrected chi connectivity index (χ1v) is 16.0. The molecule has 0 saturated carbocycles. The van der Waals surface area contributed by atoms with E-state index in [1.54, 1.807) is 48.5 Å². The highest BCUT2D eigenvalue weighted by atomic mass is 16.2. The number of hydrogen-bond acceptors (Lipinski definition) is 9. The SMILES string of the molecule is NCCCCC(NCCNC(=O)CCCN1C(=O)C=CC1=O)C(=O)NCC(=O)Nc1ccc(C(=O)Nc2ccc3[nH]c(C=O)cc3c2)cc1. The first-order chi connectivity index (χ1) is 23.7. The quantitative estimate of drug-likeness (QED) is 0.0551. The third-order valence-electron chi connectivity index (χ3n) is 7.67. The molecule has 6 amide bonds. The fourth-order valence-corrected chi connectivity index (χ4v) is 5.10. The lowest BCUT2D eigenvalue weighted by molar-refractivity contribution is -0.137. The molecule has 1 aromatic heterocycles. The zero-order valence-corrected chi connectivity index (χ0v) is 26.9. The van der Waals surface area contributed by atoms with Gasteiger partial charge < -0.3 is 37.3 Å². The number of fused-ring (bicyclic) bond motifs is 1. The Labute approximate surface area is 282 Å². The maximum absolute atomic E-state index is 12.9. The third-order valence-corrected chi connectivity index (χ3v) is 7.67. The van der Waals surface area contributed by atoms with Crippen molar-refractivity contribution in [1.29, 1.82) is 0 Å². The Morgan fingerprint density at radius 2 is 1.57 bits per heavy atom. The number of nitrogens with two attached hydrogens (primary N) is 1. The summed E-state index contributed by atoms with van der Waals surface area (Å²) in [6, 6.07) is 12.6. The summed E-state index contributed by atoms with van der Waals surface area (Å²) in [6.07, 6.45) is 5.47. The number of aromatic nitrogens is 1. The van der Waals surface area contributed by atoms with E-state index < -0.39 is 11.9 Å². The van der Waals surface area contributed by atoms with E-state index in [0.29, 0.717) is 55.0 Å². The average Bonchev–Trinajstić information content (AvgIpc) is 3.66.